The van der Waals surface area contributed by atoms with Gasteiger partial charge in [0.15, 0.2) is 0 Å². The van der Waals surface area contributed by atoms with Crippen LogP contribution in [-0.2, 0) is 0 Å². The Morgan fingerprint density at radius 2 is 1.75 bits per heavy atom. The van der Waals surface area contributed by atoms with Crippen LogP contribution in [0.15, 0.2) is 11.6 Å². The molecule has 2 aliphatic carbocycles. The highest BCUT2D eigenvalue weighted by Crippen LogP contribution is 2.21. The molecule has 0 bridgehead atoms. The fourth-order valence-electron chi connectivity index (χ4n) is 2.20. The molecular formula is C13H9N3. The van der Waals surface area contributed by atoms with Gasteiger partial charge in [0.05, 0.1) is 11.6 Å². The van der Waals surface area contributed by atoms with Crippen LogP contribution in [0.1, 0.15) is 11.1 Å². The van der Waals surface area contributed by atoms with Crippen LogP contribution in [0, 0.1) is 11.3 Å². The summed E-state index contributed by atoms with van der Waals surface area (Å²) in [6.07, 6.45) is 9.39. The van der Waals surface area contributed by atoms with E-state index in [9.17, 15) is 0 Å². The maximum absolute atomic E-state index is 8.88. The van der Waals surface area contributed by atoms with Gasteiger partial charge in [-0.25, -0.2) is 0 Å². The van der Waals surface area contributed by atoms with Crippen molar-refractivity contribution in [3.8, 4) is 6.07 Å². The van der Waals surface area contributed by atoms with Crippen molar-refractivity contribution in [2.75, 3.05) is 11.5 Å². The van der Waals surface area contributed by atoms with Gasteiger partial charge >= 0.3 is 0 Å². The van der Waals surface area contributed by atoms with Crippen molar-refractivity contribution in [1.82, 2.24) is 0 Å². The number of allylic oxidation sites excluding steroid dienone is 2. The number of hydrogen-bond donors (Lipinski definition) is 2. The van der Waals surface area contributed by atoms with Crippen molar-refractivity contribution < 1.29 is 0 Å². The maximum atomic E-state index is 8.88. The number of rotatable bonds is 0. The minimum absolute atomic E-state index is 0.598. The highest BCUT2D eigenvalue weighted by molar-refractivity contribution is 5.91. The second kappa shape index (κ2) is 2.77. The van der Waals surface area contributed by atoms with Gasteiger partial charge in [-0.15, -0.1) is 0 Å². The molecule has 3 heteroatoms. The molecule has 0 atom stereocenters. The van der Waals surface area contributed by atoms with E-state index in [4.69, 9.17) is 16.7 Å². The van der Waals surface area contributed by atoms with Crippen LogP contribution in [0.2, 0.25) is 0 Å². The standard InChI is InChI=1S/C13H9N3/c14-6-7-4-10-11(5-7)13(16)9-3-1-2-8(9)12(10)15/h1-5H,15-16H2. The molecule has 0 spiro atoms. The number of hydrogen-bond acceptors (Lipinski definition) is 3. The number of nitrogen functional groups attached to an aromatic ring is 2. The fraction of sp³-hybridized carbons (Fsp3) is 0. The Morgan fingerprint density at radius 1 is 1.00 bits per heavy atom. The second-order valence-corrected chi connectivity index (χ2v) is 3.86. The number of fused-ring (bicyclic) bond motifs is 2. The highest BCUT2D eigenvalue weighted by Gasteiger charge is 2.16. The molecule has 0 amide bonds. The number of nitrogens with two attached hydrogens (primary N) is 2. The molecule has 2 aliphatic rings. The van der Waals surface area contributed by atoms with Crippen molar-refractivity contribution in [3.05, 3.63) is 33.2 Å². The summed E-state index contributed by atoms with van der Waals surface area (Å²) >= 11 is 0. The first kappa shape index (κ1) is 8.81. The monoisotopic (exact) mass is 207 g/mol. The zero-order valence-corrected chi connectivity index (χ0v) is 8.49. The van der Waals surface area contributed by atoms with Gasteiger partial charge in [0.2, 0.25) is 0 Å². The Kier molecular flexibility index (Phi) is 1.52. The lowest BCUT2D eigenvalue weighted by Gasteiger charge is -2.06. The van der Waals surface area contributed by atoms with E-state index in [0.717, 1.165) is 21.6 Å². The molecule has 0 heterocycles. The Labute approximate surface area is 92.3 Å². The van der Waals surface area contributed by atoms with E-state index in [1.54, 1.807) is 12.2 Å². The van der Waals surface area contributed by atoms with E-state index >= 15 is 0 Å². The van der Waals surface area contributed by atoms with E-state index in [2.05, 4.69) is 6.07 Å². The number of nitriles is 1. The van der Waals surface area contributed by atoms with Gasteiger partial charge in [-0.2, -0.15) is 5.26 Å². The fourth-order valence-corrected chi connectivity index (χ4v) is 2.20. The van der Waals surface area contributed by atoms with Crippen LogP contribution in [0.25, 0.3) is 24.3 Å². The minimum Gasteiger partial charge on any atom is -0.398 e. The Balaban J connectivity index is 2.51. The average Bonchev–Trinajstić information content (AvgIpc) is 2.92. The summed E-state index contributed by atoms with van der Waals surface area (Å²) in [7, 11) is 0. The van der Waals surface area contributed by atoms with Crippen molar-refractivity contribution in [2.45, 2.75) is 0 Å². The lowest BCUT2D eigenvalue weighted by Crippen LogP contribution is -2.23. The predicted octanol–water partition coefficient (Wildman–Crippen LogP) is 0.359. The minimum atomic E-state index is 0.598. The molecule has 0 saturated heterocycles. The van der Waals surface area contributed by atoms with Gasteiger partial charge in [0.25, 0.3) is 0 Å². The summed E-state index contributed by atoms with van der Waals surface area (Å²) in [5.74, 6) is 0. The molecule has 3 rings (SSSR count). The van der Waals surface area contributed by atoms with Crippen molar-refractivity contribution in [2.24, 2.45) is 0 Å². The zero-order chi connectivity index (χ0) is 11.3. The quantitative estimate of drug-likeness (QED) is 0.476. The average molecular weight is 207 g/mol. The molecular weight excluding hydrogens is 198 g/mol. The van der Waals surface area contributed by atoms with E-state index in [0.29, 0.717) is 16.9 Å². The van der Waals surface area contributed by atoms with E-state index in [-0.39, 0.29) is 0 Å². The molecule has 16 heavy (non-hydrogen) atoms. The molecule has 4 N–H and O–H groups in total. The normalized spacial score (nSPS) is 14.6. The van der Waals surface area contributed by atoms with Crippen molar-refractivity contribution in [3.63, 3.8) is 0 Å². The Morgan fingerprint density at radius 3 is 2.50 bits per heavy atom. The Hall–Kier alpha value is -2.47. The first-order valence-corrected chi connectivity index (χ1v) is 4.95. The van der Waals surface area contributed by atoms with Crippen LogP contribution in [0.4, 0.5) is 11.4 Å². The SMILES string of the molecule is N#CC1=Cc2c(N)c3c(c(N)c2=C1)C=CC=3. The van der Waals surface area contributed by atoms with Gasteiger partial charge in [0.1, 0.15) is 0 Å². The first-order valence-electron chi connectivity index (χ1n) is 4.95. The molecule has 76 valence electrons. The van der Waals surface area contributed by atoms with E-state index in [1.165, 1.54) is 0 Å². The van der Waals surface area contributed by atoms with Crippen LogP contribution >= 0.6 is 0 Å². The van der Waals surface area contributed by atoms with Crippen molar-refractivity contribution >= 4 is 35.7 Å². The predicted molar refractivity (Wildman–Crippen MR) is 66.1 cm³/mol. The van der Waals surface area contributed by atoms with E-state index in [1.807, 2.05) is 18.2 Å². The lowest BCUT2D eigenvalue weighted by molar-refractivity contribution is 1.50. The maximum Gasteiger partial charge on any atom is 0.0992 e. The zero-order valence-electron chi connectivity index (χ0n) is 8.49. The first-order chi connectivity index (χ1) is 7.72. The third kappa shape index (κ3) is 0.908. The summed E-state index contributed by atoms with van der Waals surface area (Å²) in [4.78, 5) is 0. The molecule has 0 fully saturated rings. The summed E-state index contributed by atoms with van der Waals surface area (Å²) in [6, 6.07) is 2.11. The van der Waals surface area contributed by atoms with Crippen LogP contribution < -0.4 is 21.9 Å². The molecule has 1 aromatic carbocycles. The number of benzene rings is 1. The molecule has 1 aromatic rings. The van der Waals surface area contributed by atoms with Crippen LogP contribution in [0.3, 0.4) is 0 Å². The van der Waals surface area contributed by atoms with Gasteiger partial charge in [-0.05, 0) is 12.2 Å². The topological polar surface area (TPSA) is 75.8 Å². The van der Waals surface area contributed by atoms with Gasteiger partial charge in [-0.1, -0.05) is 18.2 Å². The molecule has 3 nitrogen and oxygen atoms in total. The van der Waals surface area contributed by atoms with Gasteiger partial charge in [-0.3, -0.25) is 0 Å². The summed E-state index contributed by atoms with van der Waals surface area (Å²) in [6.45, 7) is 0. The molecule has 0 aliphatic heterocycles. The summed E-state index contributed by atoms with van der Waals surface area (Å²) in [5, 5.41) is 10.7. The van der Waals surface area contributed by atoms with Gasteiger partial charge < -0.3 is 11.5 Å². The summed E-state index contributed by atoms with van der Waals surface area (Å²) in [5.41, 5.74) is 16.0. The highest BCUT2D eigenvalue weighted by atomic mass is 14.6. The smallest absolute Gasteiger partial charge is 0.0992 e. The lowest BCUT2D eigenvalue weighted by atomic mass is 10.0. The molecule has 0 radical (unpaired) electrons. The third-order valence-electron chi connectivity index (χ3n) is 3.00. The van der Waals surface area contributed by atoms with Gasteiger partial charge in [0, 0.05) is 32.9 Å². The van der Waals surface area contributed by atoms with Crippen LogP contribution in [0.5, 0.6) is 0 Å². The summed E-state index contributed by atoms with van der Waals surface area (Å²) < 4.78 is 0. The second-order valence-electron chi connectivity index (χ2n) is 3.86. The molecule has 0 saturated carbocycles. The van der Waals surface area contributed by atoms with Crippen molar-refractivity contribution in [1.29, 1.82) is 5.26 Å². The largest absolute Gasteiger partial charge is 0.398 e. The van der Waals surface area contributed by atoms with Crippen LogP contribution in [-0.4, -0.2) is 0 Å². The molecule has 0 aromatic heterocycles. The molecule has 0 unspecified atom stereocenters. The number of nitrogens with zero attached hydrogens (tertiary/aromatic N) is 1. The van der Waals surface area contributed by atoms with E-state index < -0.39 is 0 Å². The Bertz CT molecular complexity index is 728. The third-order valence-corrected chi connectivity index (χ3v) is 3.00. The number of anilines is 2.